The van der Waals surface area contributed by atoms with Crippen molar-refractivity contribution in [1.82, 2.24) is 14.3 Å². The molecular weight excluding hydrogens is 268 g/mol. The summed E-state index contributed by atoms with van der Waals surface area (Å²) >= 11 is 0. The molecule has 1 amide bonds. The van der Waals surface area contributed by atoms with E-state index in [1.54, 1.807) is 31.4 Å². The monoisotopic (exact) mass is 288 g/mol. The molecule has 2 aromatic rings. The lowest BCUT2D eigenvalue weighted by molar-refractivity contribution is 0.0738. The highest BCUT2D eigenvalue weighted by Crippen LogP contribution is 2.14. The van der Waals surface area contributed by atoms with Gasteiger partial charge in [-0.15, -0.1) is 0 Å². The molecule has 2 heterocycles. The fourth-order valence-electron chi connectivity index (χ4n) is 2.16. The molecule has 0 unspecified atom stereocenters. The van der Waals surface area contributed by atoms with Crippen LogP contribution in [0.1, 0.15) is 24.2 Å². The summed E-state index contributed by atoms with van der Waals surface area (Å²) in [5.74, 6) is -0.340. The van der Waals surface area contributed by atoms with Crippen LogP contribution in [0.5, 0.6) is 0 Å². The van der Waals surface area contributed by atoms with E-state index in [0.29, 0.717) is 18.7 Å². The largest absolute Gasteiger partial charge is 0.341 e. The van der Waals surface area contributed by atoms with Gasteiger partial charge >= 0.3 is 0 Å². The molecule has 0 aliphatic heterocycles. The van der Waals surface area contributed by atoms with Gasteiger partial charge in [-0.3, -0.25) is 14.0 Å². The number of hydrogen-bond donors (Lipinski definition) is 1. The van der Waals surface area contributed by atoms with E-state index in [-0.39, 0.29) is 22.4 Å². The van der Waals surface area contributed by atoms with E-state index >= 15 is 0 Å². The summed E-state index contributed by atoms with van der Waals surface area (Å²) in [5, 5.41) is 0. The molecule has 0 aliphatic carbocycles. The summed E-state index contributed by atoms with van der Waals surface area (Å²) in [6, 6.07) is 5.24. The first-order valence-corrected chi connectivity index (χ1v) is 6.78. The lowest BCUT2D eigenvalue weighted by Gasteiger charge is -2.28. The summed E-state index contributed by atoms with van der Waals surface area (Å²) < 4.78 is 1.37. The number of pyridine rings is 1. The molecule has 0 aliphatic rings. The number of carbonyl (C=O) groups is 1. The Balaban J connectivity index is 2.36. The van der Waals surface area contributed by atoms with Crippen molar-refractivity contribution in [2.75, 3.05) is 20.1 Å². The predicted molar refractivity (Wildman–Crippen MR) is 81.3 cm³/mol. The van der Waals surface area contributed by atoms with Crippen molar-refractivity contribution in [1.29, 1.82) is 0 Å². The second-order valence-corrected chi connectivity index (χ2v) is 5.94. The van der Waals surface area contributed by atoms with Crippen molar-refractivity contribution in [3.05, 3.63) is 46.5 Å². The van der Waals surface area contributed by atoms with Crippen molar-refractivity contribution in [2.45, 2.75) is 13.8 Å². The molecule has 2 rings (SSSR count). The van der Waals surface area contributed by atoms with Crippen molar-refractivity contribution in [3.8, 4) is 0 Å². The molecule has 2 N–H and O–H groups in total. The number of fused-ring (bicyclic) bond motifs is 1. The number of rotatable bonds is 4. The molecule has 0 radical (unpaired) electrons. The highest BCUT2D eigenvalue weighted by Gasteiger charge is 2.24. The Bertz CT molecular complexity index is 721. The summed E-state index contributed by atoms with van der Waals surface area (Å²) in [6.07, 6.45) is 2.94. The van der Waals surface area contributed by atoms with Crippen LogP contribution in [0.15, 0.2) is 35.4 Å². The Hall–Kier alpha value is -2.21. The van der Waals surface area contributed by atoms with E-state index in [9.17, 15) is 9.59 Å². The van der Waals surface area contributed by atoms with Crippen LogP contribution in [0.2, 0.25) is 0 Å². The van der Waals surface area contributed by atoms with E-state index in [1.165, 1.54) is 15.5 Å². The van der Waals surface area contributed by atoms with Crippen molar-refractivity contribution < 1.29 is 4.79 Å². The maximum atomic E-state index is 12.4. The summed E-state index contributed by atoms with van der Waals surface area (Å²) in [7, 11) is 1.67. The average Bonchev–Trinajstić information content (AvgIpc) is 2.47. The van der Waals surface area contributed by atoms with Gasteiger partial charge in [0.15, 0.2) is 0 Å². The Morgan fingerprint density at radius 1 is 1.43 bits per heavy atom. The first-order valence-electron chi connectivity index (χ1n) is 6.78. The highest BCUT2D eigenvalue weighted by molar-refractivity contribution is 5.93. The molecule has 21 heavy (non-hydrogen) atoms. The van der Waals surface area contributed by atoms with Gasteiger partial charge in [0.05, 0.1) is 0 Å². The molecule has 0 bridgehead atoms. The van der Waals surface area contributed by atoms with E-state index in [0.717, 1.165) is 0 Å². The van der Waals surface area contributed by atoms with Crippen LogP contribution >= 0.6 is 0 Å². The minimum Gasteiger partial charge on any atom is -0.341 e. The Kier molecular flexibility index (Phi) is 4.09. The van der Waals surface area contributed by atoms with Gasteiger partial charge in [-0.2, -0.15) is 0 Å². The smallest absolute Gasteiger partial charge is 0.270 e. The van der Waals surface area contributed by atoms with Crippen LogP contribution in [-0.2, 0) is 0 Å². The van der Waals surface area contributed by atoms with Crippen LogP contribution in [-0.4, -0.2) is 40.3 Å². The van der Waals surface area contributed by atoms with Crippen LogP contribution in [0, 0.1) is 5.41 Å². The zero-order valence-electron chi connectivity index (χ0n) is 12.5. The number of hydrogen-bond acceptors (Lipinski definition) is 4. The fourth-order valence-corrected chi connectivity index (χ4v) is 2.16. The molecule has 0 fully saturated rings. The zero-order valence-corrected chi connectivity index (χ0v) is 12.5. The molecule has 0 aromatic carbocycles. The summed E-state index contributed by atoms with van der Waals surface area (Å²) in [4.78, 5) is 30.5. The first-order chi connectivity index (χ1) is 9.85. The molecule has 0 saturated heterocycles. The van der Waals surface area contributed by atoms with Gasteiger partial charge in [-0.05, 0) is 24.1 Å². The van der Waals surface area contributed by atoms with Crippen molar-refractivity contribution >= 4 is 11.6 Å². The number of nitrogens with zero attached hydrogens (tertiary/aromatic N) is 3. The van der Waals surface area contributed by atoms with Gasteiger partial charge < -0.3 is 10.6 Å². The van der Waals surface area contributed by atoms with Crippen molar-refractivity contribution in [3.63, 3.8) is 0 Å². The van der Waals surface area contributed by atoms with Gasteiger partial charge in [0.1, 0.15) is 11.2 Å². The molecular formula is C15H20N4O2. The number of amides is 1. The summed E-state index contributed by atoms with van der Waals surface area (Å²) in [6.45, 7) is 4.88. The molecule has 0 atom stereocenters. The SMILES string of the molecule is CN(CC(C)(C)CN)C(=O)c1cnc2ccccn2c1=O. The second-order valence-electron chi connectivity index (χ2n) is 5.94. The number of carbonyl (C=O) groups excluding carboxylic acids is 1. The molecule has 6 nitrogen and oxygen atoms in total. The van der Waals surface area contributed by atoms with Gasteiger partial charge in [-0.25, -0.2) is 4.98 Å². The minimum absolute atomic E-state index is 0.0639. The van der Waals surface area contributed by atoms with Crippen LogP contribution < -0.4 is 11.3 Å². The third-order valence-electron chi connectivity index (χ3n) is 3.41. The minimum atomic E-state index is -0.358. The first kappa shape index (κ1) is 15.2. The van der Waals surface area contributed by atoms with E-state index in [2.05, 4.69) is 4.98 Å². The zero-order chi connectivity index (χ0) is 15.6. The standard InChI is InChI=1S/C15H20N4O2/c1-15(2,9-16)10-18(3)13(20)11-8-17-12-6-4-5-7-19(12)14(11)21/h4-8H,9-10,16H2,1-3H3. The third-order valence-corrected chi connectivity index (χ3v) is 3.41. The van der Waals surface area contributed by atoms with E-state index < -0.39 is 0 Å². The Labute approximate surface area is 123 Å². The maximum Gasteiger partial charge on any atom is 0.270 e. The lowest BCUT2D eigenvalue weighted by atomic mass is 9.93. The number of aromatic nitrogens is 2. The lowest BCUT2D eigenvalue weighted by Crippen LogP contribution is -2.41. The highest BCUT2D eigenvalue weighted by atomic mass is 16.2. The molecule has 0 spiro atoms. The summed E-state index contributed by atoms with van der Waals surface area (Å²) in [5.41, 5.74) is 5.70. The second kappa shape index (κ2) is 5.65. The molecule has 112 valence electrons. The number of nitrogens with two attached hydrogens (primary N) is 1. The predicted octanol–water partition coefficient (Wildman–Crippen LogP) is 0.751. The average molecular weight is 288 g/mol. The maximum absolute atomic E-state index is 12.4. The van der Waals surface area contributed by atoms with Crippen LogP contribution in [0.3, 0.4) is 0 Å². The van der Waals surface area contributed by atoms with E-state index in [4.69, 9.17) is 5.73 Å². The quantitative estimate of drug-likeness (QED) is 0.900. The van der Waals surface area contributed by atoms with Crippen LogP contribution in [0.25, 0.3) is 5.65 Å². The molecule has 0 saturated carbocycles. The Morgan fingerprint density at radius 3 is 2.81 bits per heavy atom. The normalized spacial score (nSPS) is 11.6. The van der Waals surface area contributed by atoms with Gasteiger partial charge in [0.25, 0.3) is 11.5 Å². The van der Waals surface area contributed by atoms with Crippen molar-refractivity contribution in [2.24, 2.45) is 11.1 Å². The molecule has 6 heteroatoms. The van der Waals surface area contributed by atoms with Gasteiger partial charge in [0, 0.05) is 26.0 Å². The van der Waals surface area contributed by atoms with Gasteiger partial charge in [0.2, 0.25) is 0 Å². The van der Waals surface area contributed by atoms with Gasteiger partial charge in [-0.1, -0.05) is 19.9 Å². The van der Waals surface area contributed by atoms with E-state index in [1.807, 2.05) is 13.8 Å². The Morgan fingerprint density at radius 2 is 2.14 bits per heavy atom. The molecule has 2 aromatic heterocycles. The fraction of sp³-hybridized carbons (Fsp3) is 0.400. The van der Waals surface area contributed by atoms with Crippen LogP contribution in [0.4, 0.5) is 0 Å². The topological polar surface area (TPSA) is 80.7 Å². The third kappa shape index (κ3) is 3.11.